The van der Waals surface area contributed by atoms with Gasteiger partial charge in [-0.1, -0.05) is 0 Å². The molecule has 7 heteroatoms. The second-order valence-corrected chi connectivity index (χ2v) is 6.03. The van der Waals surface area contributed by atoms with E-state index in [1.165, 1.54) is 0 Å². The van der Waals surface area contributed by atoms with Crippen molar-refractivity contribution in [2.45, 2.75) is 39.3 Å². The number of nitrogens with zero attached hydrogens (tertiary/aromatic N) is 5. The van der Waals surface area contributed by atoms with Crippen LogP contribution in [-0.4, -0.2) is 32.9 Å². The highest BCUT2D eigenvalue weighted by Gasteiger charge is 2.28. The molecule has 0 bridgehead atoms. The number of nitriles is 1. The molecule has 0 radical (unpaired) electrons. The van der Waals surface area contributed by atoms with Crippen LogP contribution >= 0.6 is 0 Å². The molecule has 1 aliphatic heterocycles. The predicted octanol–water partition coefficient (Wildman–Crippen LogP) is 2.45. The van der Waals surface area contributed by atoms with Crippen LogP contribution in [0.1, 0.15) is 42.8 Å². The largest absolute Gasteiger partial charge is 0.373 e. The van der Waals surface area contributed by atoms with Crippen molar-refractivity contribution in [1.82, 2.24) is 19.7 Å². The molecule has 0 aliphatic carbocycles. The standard InChI is InChI=1S/C17H22N6O/c1-3-23-11-14(10-20-23)16-13(5-4-6-24-16)9-19-17-21-12(2)7-15(8-18)22-17/h7,10-11,13,16H,3-6,9H2,1-2H3,(H,19,21,22)/t13-,16+/m0/s1. The number of aryl methyl sites for hydroxylation is 2. The van der Waals surface area contributed by atoms with Crippen LogP contribution in [0.2, 0.25) is 0 Å². The lowest BCUT2D eigenvalue weighted by Gasteiger charge is -2.31. The first kappa shape index (κ1) is 16.4. The smallest absolute Gasteiger partial charge is 0.224 e. The predicted molar refractivity (Wildman–Crippen MR) is 89.3 cm³/mol. The molecular formula is C17H22N6O. The van der Waals surface area contributed by atoms with E-state index in [1.807, 2.05) is 17.8 Å². The first-order chi connectivity index (χ1) is 11.7. The molecule has 0 unspecified atom stereocenters. The van der Waals surface area contributed by atoms with Gasteiger partial charge in [-0.05, 0) is 32.8 Å². The summed E-state index contributed by atoms with van der Waals surface area (Å²) in [5.41, 5.74) is 2.28. The van der Waals surface area contributed by atoms with Gasteiger partial charge in [0.15, 0.2) is 0 Å². The minimum atomic E-state index is 0.0341. The van der Waals surface area contributed by atoms with Crippen molar-refractivity contribution >= 4 is 5.95 Å². The first-order valence-corrected chi connectivity index (χ1v) is 8.33. The average Bonchev–Trinajstić information content (AvgIpc) is 3.08. The van der Waals surface area contributed by atoms with E-state index >= 15 is 0 Å². The van der Waals surface area contributed by atoms with Crippen LogP contribution in [0, 0.1) is 24.2 Å². The zero-order valence-corrected chi connectivity index (χ0v) is 14.1. The molecule has 24 heavy (non-hydrogen) atoms. The second-order valence-electron chi connectivity index (χ2n) is 6.03. The summed E-state index contributed by atoms with van der Waals surface area (Å²) in [6.07, 6.45) is 6.10. The van der Waals surface area contributed by atoms with Crippen molar-refractivity contribution in [3.8, 4) is 6.07 Å². The van der Waals surface area contributed by atoms with E-state index in [0.29, 0.717) is 24.1 Å². The fourth-order valence-electron chi connectivity index (χ4n) is 3.05. The lowest BCUT2D eigenvalue weighted by molar-refractivity contribution is -0.0239. The van der Waals surface area contributed by atoms with Gasteiger partial charge in [-0.2, -0.15) is 10.4 Å². The highest BCUT2D eigenvalue weighted by molar-refractivity contribution is 5.33. The normalized spacial score (nSPS) is 20.5. The summed E-state index contributed by atoms with van der Waals surface area (Å²) in [5, 5.41) is 16.6. The molecule has 3 heterocycles. The highest BCUT2D eigenvalue weighted by Crippen LogP contribution is 2.33. The van der Waals surface area contributed by atoms with Gasteiger partial charge in [-0.25, -0.2) is 9.97 Å². The molecule has 0 spiro atoms. The topological polar surface area (TPSA) is 88.6 Å². The zero-order valence-electron chi connectivity index (χ0n) is 14.1. The van der Waals surface area contributed by atoms with Gasteiger partial charge in [0.1, 0.15) is 11.8 Å². The number of nitrogens with one attached hydrogen (secondary N) is 1. The van der Waals surface area contributed by atoms with Crippen LogP contribution < -0.4 is 5.32 Å². The number of rotatable bonds is 5. The molecular weight excluding hydrogens is 304 g/mol. The Labute approximate surface area is 141 Å². The average molecular weight is 326 g/mol. The summed E-state index contributed by atoms with van der Waals surface area (Å²) in [6, 6.07) is 3.74. The molecule has 2 aromatic heterocycles. The number of anilines is 1. The van der Waals surface area contributed by atoms with Crippen LogP contribution in [0.25, 0.3) is 0 Å². The lowest BCUT2D eigenvalue weighted by atomic mass is 9.91. The van der Waals surface area contributed by atoms with E-state index in [1.54, 1.807) is 6.07 Å². The fourth-order valence-corrected chi connectivity index (χ4v) is 3.05. The van der Waals surface area contributed by atoms with Gasteiger partial charge in [-0.3, -0.25) is 4.68 Å². The molecule has 1 saturated heterocycles. The van der Waals surface area contributed by atoms with Crippen LogP contribution in [0.5, 0.6) is 0 Å². The first-order valence-electron chi connectivity index (χ1n) is 8.33. The third-order valence-electron chi connectivity index (χ3n) is 4.24. The molecule has 126 valence electrons. The monoisotopic (exact) mass is 326 g/mol. The summed E-state index contributed by atoms with van der Waals surface area (Å²) in [6.45, 7) is 6.26. The van der Waals surface area contributed by atoms with Crippen molar-refractivity contribution in [2.24, 2.45) is 5.92 Å². The maximum absolute atomic E-state index is 9.02. The number of aromatic nitrogens is 4. The Hall–Kier alpha value is -2.46. The van der Waals surface area contributed by atoms with Crippen molar-refractivity contribution in [3.63, 3.8) is 0 Å². The van der Waals surface area contributed by atoms with Crippen LogP contribution in [0.15, 0.2) is 18.5 Å². The van der Waals surface area contributed by atoms with Crippen molar-refractivity contribution < 1.29 is 4.74 Å². The third-order valence-corrected chi connectivity index (χ3v) is 4.24. The Balaban J connectivity index is 1.70. The molecule has 0 saturated carbocycles. The molecule has 2 atom stereocenters. The number of ether oxygens (including phenoxy) is 1. The van der Waals surface area contributed by atoms with Crippen molar-refractivity contribution in [2.75, 3.05) is 18.5 Å². The minimum absolute atomic E-state index is 0.0341. The van der Waals surface area contributed by atoms with Gasteiger partial charge in [-0.15, -0.1) is 0 Å². The summed E-state index contributed by atoms with van der Waals surface area (Å²) in [4.78, 5) is 8.56. The van der Waals surface area contributed by atoms with Gasteiger partial charge < -0.3 is 10.1 Å². The maximum atomic E-state index is 9.02. The molecule has 0 amide bonds. The van der Waals surface area contributed by atoms with Gasteiger partial charge in [0.2, 0.25) is 5.95 Å². The SMILES string of the molecule is CCn1cc([C@@H]2OCCC[C@H]2CNc2nc(C)cc(C#N)n2)cn1. The molecule has 7 nitrogen and oxygen atoms in total. The zero-order chi connectivity index (χ0) is 16.9. The molecule has 0 aromatic carbocycles. The maximum Gasteiger partial charge on any atom is 0.224 e. The van der Waals surface area contributed by atoms with Gasteiger partial charge in [0, 0.05) is 43.1 Å². The summed E-state index contributed by atoms with van der Waals surface area (Å²) in [5.74, 6) is 0.822. The van der Waals surface area contributed by atoms with E-state index in [2.05, 4.69) is 39.6 Å². The minimum Gasteiger partial charge on any atom is -0.373 e. The van der Waals surface area contributed by atoms with E-state index in [4.69, 9.17) is 10.00 Å². The summed E-state index contributed by atoms with van der Waals surface area (Å²) >= 11 is 0. The summed E-state index contributed by atoms with van der Waals surface area (Å²) < 4.78 is 7.92. The van der Waals surface area contributed by atoms with Crippen molar-refractivity contribution in [1.29, 1.82) is 5.26 Å². The fraction of sp³-hybridized carbons (Fsp3) is 0.529. The Morgan fingerprint density at radius 3 is 3.08 bits per heavy atom. The molecule has 1 fully saturated rings. The van der Waals surface area contributed by atoms with E-state index in [9.17, 15) is 0 Å². The van der Waals surface area contributed by atoms with E-state index < -0.39 is 0 Å². The quantitative estimate of drug-likeness (QED) is 0.908. The number of hydrogen-bond donors (Lipinski definition) is 1. The summed E-state index contributed by atoms with van der Waals surface area (Å²) in [7, 11) is 0. The Morgan fingerprint density at radius 2 is 2.33 bits per heavy atom. The third kappa shape index (κ3) is 3.71. The Kier molecular flexibility index (Phi) is 5.06. The molecule has 2 aromatic rings. The Bertz CT molecular complexity index is 735. The van der Waals surface area contributed by atoms with Gasteiger partial charge >= 0.3 is 0 Å². The van der Waals surface area contributed by atoms with Crippen LogP contribution in [-0.2, 0) is 11.3 Å². The van der Waals surface area contributed by atoms with Gasteiger partial charge in [0.25, 0.3) is 0 Å². The second kappa shape index (κ2) is 7.41. The van der Waals surface area contributed by atoms with E-state index in [0.717, 1.165) is 37.3 Å². The molecule has 1 N–H and O–H groups in total. The van der Waals surface area contributed by atoms with Gasteiger partial charge in [0.05, 0.1) is 12.3 Å². The lowest BCUT2D eigenvalue weighted by Crippen LogP contribution is -2.28. The molecule has 1 aliphatic rings. The van der Waals surface area contributed by atoms with E-state index in [-0.39, 0.29) is 6.10 Å². The van der Waals surface area contributed by atoms with Crippen LogP contribution in [0.4, 0.5) is 5.95 Å². The number of hydrogen-bond acceptors (Lipinski definition) is 6. The highest BCUT2D eigenvalue weighted by atomic mass is 16.5. The van der Waals surface area contributed by atoms with Crippen molar-refractivity contribution in [3.05, 3.63) is 35.4 Å². The van der Waals surface area contributed by atoms with Crippen LogP contribution in [0.3, 0.4) is 0 Å². The molecule has 3 rings (SSSR count). The Morgan fingerprint density at radius 1 is 1.46 bits per heavy atom.